The summed E-state index contributed by atoms with van der Waals surface area (Å²) in [6, 6.07) is 14.8. The Hall–Kier alpha value is -3.80. The Bertz CT molecular complexity index is 948. The first-order valence-electron chi connectivity index (χ1n) is 9.16. The van der Waals surface area contributed by atoms with E-state index in [0.29, 0.717) is 17.1 Å². The first-order valence-corrected chi connectivity index (χ1v) is 9.16. The van der Waals surface area contributed by atoms with E-state index in [1.54, 1.807) is 36.4 Å². The molecule has 2 aromatic carbocycles. The van der Waals surface area contributed by atoms with Crippen molar-refractivity contribution < 1.29 is 28.5 Å². The number of hydrogen-bond acceptors (Lipinski definition) is 6. The third-order valence-electron chi connectivity index (χ3n) is 3.76. The number of rotatable bonds is 8. The highest BCUT2D eigenvalue weighted by Crippen LogP contribution is 2.26. The Kier molecular flexibility index (Phi) is 8.44. The average Bonchev–Trinajstić information content (AvgIpc) is 2.72. The van der Waals surface area contributed by atoms with E-state index in [-0.39, 0.29) is 11.5 Å². The molecule has 0 atom stereocenters. The summed E-state index contributed by atoms with van der Waals surface area (Å²) in [5.74, 6) is 0.184. The molecule has 6 heteroatoms. The van der Waals surface area contributed by atoms with Gasteiger partial charge in [-0.25, -0.2) is 0 Å². The maximum absolute atomic E-state index is 11.7. The molecule has 0 aromatic heterocycles. The minimum absolute atomic E-state index is 0.0747. The second-order valence-electron chi connectivity index (χ2n) is 6.14. The number of benzene rings is 2. The van der Waals surface area contributed by atoms with Gasteiger partial charge >= 0.3 is 11.9 Å². The van der Waals surface area contributed by atoms with Crippen molar-refractivity contribution in [3.05, 3.63) is 83.3 Å². The van der Waals surface area contributed by atoms with Crippen molar-refractivity contribution in [3.63, 3.8) is 0 Å². The van der Waals surface area contributed by atoms with Gasteiger partial charge in [-0.05, 0) is 35.4 Å². The van der Waals surface area contributed by atoms with Crippen LogP contribution in [-0.2, 0) is 19.1 Å². The van der Waals surface area contributed by atoms with Gasteiger partial charge in [0.15, 0.2) is 11.5 Å². The quantitative estimate of drug-likeness (QED) is 0.356. The van der Waals surface area contributed by atoms with Gasteiger partial charge in [0.1, 0.15) is 11.5 Å². The Morgan fingerprint density at radius 3 is 1.87 bits per heavy atom. The molecule has 0 unspecified atom stereocenters. The van der Waals surface area contributed by atoms with E-state index in [1.165, 1.54) is 28.1 Å². The highest BCUT2D eigenvalue weighted by atomic mass is 16.6. The van der Waals surface area contributed by atoms with E-state index in [4.69, 9.17) is 18.9 Å². The number of allylic oxidation sites excluding steroid dienone is 2. The van der Waals surface area contributed by atoms with Gasteiger partial charge in [0.25, 0.3) is 0 Å². The van der Waals surface area contributed by atoms with Crippen LogP contribution in [0.1, 0.15) is 25.0 Å². The minimum Gasteiger partial charge on any atom is -0.497 e. The molecule has 0 aliphatic heterocycles. The van der Waals surface area contributed by atoms with E-state index in [0.717, 1.165) is 5.56 Å². The highest BCUT2D eigenvalue weighted by Gasteiger charge is 2.14. The predicted octanol–water partition coefficient (Wildman–Crippen LogP) is 4.77. The lowest BCUT2D eigenvalue weighted by atomic mass is 10.1. The van der Waals surface area contributed by atoms with Crippen LogP contribution in [0.2, 0.25) is 0 Å². The van der Waals surface area contributed by atoms with E-state index in [2.05, 4.69) is 0 Å². The monoisotopic (exact) mass is 408 g/mol. The van der Waals surface area contributed by atoms with Crippen molar-refractivity contribution in [2.75, 3.05) is 14.2 Å². The summed E-state index contributed by atoms with van der Waals surface area (Å²) < 4.78 is 21.2. The fourth-order valence-corrected chi connectivity index (χ4v) is 2.50. The van der Waals surface area contributed by atoms with Crippen LogP contribution in [0.4, 0.5) is 0 Å². The molecular formula is C24H24O6. The van der Waals surface area contributed by atoms with Crippen LogP contribution in [0, 0.1) is 0 Å². The first kappa shape index (κ1) is 22.5. The molecule has 0 fully saturated rings. The first-order chi connectivity index (χ1) is 14.4. The van der Waals surface area contributed by atoms with Gasteiger partial charge in [0, 0.05) is 19.9 Å². The number of ether oxygens (including phenoxy) is 4. The Morgan fingerprint density at radius 2 is 1.33 bits per heavy atom. The Balaban J connectivity index is 2.49. The normalized spacial score (nSPS) is 11.9. The molecule has 156 valence electrons. The van der Waals surface area contributed by atoms with E-state index < -0.39 is 11.9 Å². The van der Waals surface area contributed by atoms with Gasteiger partial charge in [-0.3, -0.25) is 9.59 Å². The maximum Gasteiger partial charge on any atom is 0.308 e. The molecule has 0 amide bonds. The average molecular weight is 408 g/mol. The molecule has 30 heavy (non-hydrogen) atoms. The molecule has 2 aromatic rings. The summed E-state index contributed by atoms with van der Waals surface area (Å²) in [5, 5.41) is 0. The number of carbonyl (C=O) groups is 2. The van der Waals surface area contributed by atoms with Crippen molar-refractivity contribution in [1.29, 1.82) is 0 Å². The molecule has 0 spiro atoms. The molecule has 0 bridgehead atoms. The molecule has 0 N–H and O–H groups in total. The summed E-state index contributed by atoms with van der Waals surface area (Å²) >= 11 is 0. The highest BCUT2D eigenvalue weighted by molar-refractivity contribution is 5.73. The maximum atomic E-state index is 11.7. The van der Waals surface area contributed by atoms with Crippen LogP contribution >= 0.6 is 0 Å². The van der Waals surface area contributed by atoms with Gasteiger partial charge < -0.3 is 18.9 Å². The number of carbonyl (C=O) groups excluding carboxylic acids is 2. The van der Waals surface area contributed by atoms with E-state index in [9.17, 15) is 9.59 Å². The minimum atomic E-state index is -0.554. The van der Waals surface area contributed by atoms with Crippen LogP contribution in [0.25, 0.3) is 12.2 Å². The summed E-state index contributed by atoms with van der Waals surface area (Å²) in [6.45, 7) is 2.54. The molecule has 0 heterocycles. The van der Waals surface area contributed by atoms with Crippen molar-refractivity contribution in [2.24, 2.45) is 0 Å². The number of methoxy groups -OCH3 is 2. The standard InChI is InChI=1S/C24H24O6/c1-17(25)29-23(12-8-11-19-9-6-5-7-10-19)24(30-18(2)26)15-20-13-21(27-3)16-22(14-20)28-4/h5-16H,1-4H3/b11-8+,23-12-,24-15-. The topological polar surface area (TPSA) is 71.1 Å². The van der Waals surface area contributed by atoms with E-state index >= 15 is 0 Å². The predicted molar refractivity (Wildman–Crippen MR) is 115 cm³/mol. The fourth-order valence-electron chi connectivity index (χ4n) is 2.50. The Morgan fingerprint density at radius 1 is 0.767 bits per heavy atom. The van der Waals surface area contributed by atoms with Crippen LogP contribution in [0.3, 0.4) is 0 Å². The third-order valence-corrected chi connectivity index (χ3v) is 3.76. The zero-order chi connectivity index (χ0) is 21.9. The molecule has 0 aliphatic carbocycles. The largest absolute Gasteiger partial charge is 0.497 e. The van der Waals surface area contributed by atoms with Gasteiger partial charge in [0.05, 0.1) is 14.2 Å². The second-order valence-corrected chi connectivity index (χ2v) is 6.14. The van der Waals surface area contributed by atoms with Crippen molar-refractivity contribution in [2.45, 2.75) is 13.8 Å². The molecular weight excluding hydrogens is 384 g/mol. The van der Waals surface area contributed by atoms with Crippen molar-refractivity contribution in [1.82, 2.24) is 0 Å². The lowest BCUT2D eigenvalue weighted by Crippen LogP contribution is -2.07. The smallest absolute Gasteiger partial charge is 0.308 e. The van der Waals surface area contributed by atoms with Gasteiger partial charge in [0.2, 0.25) is 0 Å². The lowest BCUT2D eigenvalue weighted by Gasteiger charge is -2.12. The van der Waals surface area contributed by atoms with Crippen molar-refractivity contribution >= 4 is 24.1 Å². The zero-order valence-electron chi connectivity index (χ0n) is 17.4. The van der Waals surface area contributed by atoms with Crippen molar-refractivity contribution in [3.8, 4) is 11.5 Å². The van der Waals surface area contributed by atoms with Crippen LogP contribution in [0.15, 0.2) is 72.2 Å². The summed E-state index contributed by atoms with van der Waals surface area (Å²) in [4.78, 5) is 23.3. The van der Waals surface area contributed by atoms with Gasteiger partial charge in [-0.15, -0.1) is 0 Å². The van der Waals surface area contributed by atoms with Crippen LogP contribution in [0.5, 0.6) is 11.5 Å². The molecule has 6 nitrogen and oxygen atoms in total. The zero-order valence-corrected chi connectivity index (χ0v) is 17.4. The third kappa shape index (κ3) is 7.31. The van der Waals surface area contributed by atoms with Gasteiger partial charge in [-0.1, -0.05) is 42.5 Å². The molecule has 0 saturated heterocycles. The van der Waals surface area contributed by atoms with Crippen LogP contribution in [-0.4, -0.2) is 26.2 Å². The molecule has 0 aliphatic rings. The summed E-state index contributed by atoms with van der Waals surface area (Å²) in [6.07, 6.45) is 6.67. The molecule has 0 saturated carbocycles. The van der Waals surface area contributed by atoms with Crippen LogP contribution < -0.4 is 9.47 Å². The molecule has 0 radical (unpaired) electrons. The number of hydrogen-bond donors (Lipinski definition) is 0. The van der Waals surface area contributed by atoms with Gasteiger partial charge in [-0.2, -0.15) is 0 Å². The second kappa shape index (κ2) is 11.3. The lowest BCUT2D eigenvalue weighted by molar-refractivity contribution is -0.141. The number of esters is 2. The summed E-state index contributed by atoms with van der Waals surface area (Å²) in [7, 11) is 3.07. The SMILES string of the molecule is COc1cc(/C=C(OC(C)=O)/C(=C/C=C/c2ccccc2)OC(C)=O)cc(OC)c1. The molecule has 2 rings (SSSR count). The van der Waals surface area contributed by atoms with E-state index in [1.807, 2.05) is 36.4 Å². The summed E-state index contributed by atoms with van der Waals surface area (Å²) in [5.41, 5.74) is 1.60. The Labute approximate surface area is 176 Å². The fraction of sp³-hybridized carbons (Fsp3) is 0.167.